The van der Waals surface area contributed by atoms with Crippen molar-refractivity contribution in [3.8, 4) is 11.3 Å². The van der Waals surface area contributed by atoms with E-state index in [1.807, 2.05) is 19.1 Å². The molecular weight excluding hydrogens is 394 g/mol. The largest absolute Gasteiger partial charge is 0.334 e. The summed E-state index contributed by atoms with van der Waals surface area (Å²) in [6.07, 6.45) is 0. The van der Waals surface area contributed by atoms with Crippen LogP contribution >= 0.6 is 0 Å². The number of quaternary nitrogens is 1. The number of likely N-dealkylation sites (N-methyl/N-ethyl adjacent to an activating group) is 1. The molecule has 0 amide bonds. The van der Waals surface area contributed by atoms with Gasteiger partial charge >= 0.3 is 0 Å². The van der Waals surface area contributed by atoms with Crippen LogP contribution in [0.15, 0.2) is 54.6 Å². The van der Waals surface area contributed by atoms with Crippen LogP contribution in [0.2, 0.25) is 0 Å². The van der Waals surface area contributed by atoms with Gasteiger partial charge in [0, 0.05) is 38.6 Å². The number of fused-ring (bicyclic) bond motifs is 3. The van der Waals surface area contributed by atoms with Crippen molar-refractivity contribution in [2.45, 2.75) is 47.2 Å². The number of aryl methyl sites for hydroxylation is 1. The standard InChI is InChI=1S/C28H34N3O/c1-7-31(6,8-2)20(4)18-30-27-14-12-22(21(5)32)16-24(27)25-17-23(13-15-28(25)30)26-11-9-10-19(3)29-26/h9-17,20H,7-8,18H2,1-6H3/q+1. The van der Waals surface area contributed by atoms with Crippen molar-refractivity contribution in [2.24, 2.45) is 0 Å². The lowest BCUT2D eigenvalue weighted by atomic mass is 10.0. The quantitative estimate of drug-likeness (QED) is 0.258. The average molecular weight is 429 g/mol. The molecule has 0 aliphatic carbocycles. The fourth-order valence-electron chi connectivity index (χ4n) is 4.69. The SMILES string of the molecule is CC[N+](C)(CC)C(C)Cn1c2ccc(C(C)=O)cc2c2cc(-c3cccc(C)n3)ccc21. The van der Waals surface area contributed by atoms with Crippen molar-refractivity contribution in [1.29, 1.82) is 0 Å². The molecule has 0 saturated heterocycles. The van der Waals surface area contributed by atoms with Crippen molar-refractivity contribution < 1.29 is 9.28 Å². The van der Waals surface area contributed by atoms with E-state index in [0.29, 0.717) is 6.04 Å². The molecule has 0 aliphatic heterocycles. The molecule has 1 atom stereocenters. The smallest absolute Gasteiger partial charge is 0.159 e. The maximum atomic E-state index is 12.1. The number of nitrogens with zero attached hydrogens (tertiary/aromatic N) is 3. The zero-order valence-electron chi connectivity index (χ0n) is 20.1. The molecule has 0 spiro atoms. The van der Waals surface area contributed by atoms with E-state index < -0.39 is 0 Å². The predicted molar refractivity (Wildman–Crippen MR) is 134 cm³/mol. The summed E-state index contributed by atoms with van der Waals surface area (Å²) in [7, 11) is 2.34. The van der Waals surface area contributed by atoms with Crippen molar-refractivity contribution in [3.05, 3.63) is 65.9 Å². The number of aromatic nitrogens is 2. The molecule has 4 aromatic rings. The molecule has 4 nitrogen and oxygen atoms in total. The number of benzene rings is 2. The van der Waals surface area contributed by atoms with Gasteiger partial charge in [-0.1, -0.05) is 12.1 Å². The minimum absolute atomic E-state index is 0.0962. The van der Waals surface area contributed by atoms with Gasteiger partial charge in [0.1, 0.15) is 6.04 Å². The highest BCUT2D eigenvalue weighted by Crippen LogP contribution is 2.34. The highest BCUT2D eigenvalue weighted by molar-refractivity contribution is 6.11. The monoisotopic (exact) mass is 428 g/mol. The summed E-state index contributed by atoms with van der Waals surface area (Å²) in [5, 5.41) is 2.31. The van der Waals surface area contributed by atoms with E-state index in [2.05, 4.69) is 74.9 Å². The van der Waals surface area contributed by atoms with Crippen LogP contribution in [0.3, 0.4) is 0 Å². The van der Waals surface area contributed by atoms with Crippen LogP contribution in [-0.4, -0.2) is 46.0 Å². The van der Waals surface area contributed by atoms with E-state index in [4.69, 9.17) is 4.98 Å². The Balaban J connectivity index is 1.94. The molecule has 4 heteroatoms. The average Bonchev–Trinajstić information content (AvgIpc) is 3.10. The fraction of sp³-hybridized carbons (Fsp3) is 0.357. The lowest BCUT2D eigenvalue weighted by Gasteiger charge is -2.38. The maximum Gasteiger partial charge on any atom is 0.159 e. The molecule has 32 heavy (non-hydrogen) atoms. The molecule has 2 aromatic carbocycles. The number of hydrogen-bond acceptors (Lipinski definition) is 2. The molecule has 0 saturated carbocycles. The van der Waals surface area contributed by atoms with Crippen LogP contribution in [0.25, 0.3) is 33.1 Å². The molecule has 0 bridgehead atoms. The third kappa shape index (κ3) is 3.84. The van der Waals surface area contributed by atoms with E-state index in [1.54, 1.807) is 6.92 Å². The Bertz CT molecular complexity index is 1300. The molecule has 166 valence electrons. The van der Waals surface area contributed by atoms with E-state index in [0.717, 1.165) is 52.0 Å². The Morgan fingerprint density at radius 2 is 1.66 bits per heavy atom. The third-order valence-electron chi connectivity index (χ3n) is 7.41. The van der Waals surface area contributed by atoms with E-state index in [9.17, 15) is 4.79 Å². The Morgan fingerprint density at radius 3 is 2.28 bits per heavy atom. The Hall–Kier alpha value is -2.98. The van der Waals surface area contributed by atoms with Gasteiger partial charge in [-0.25, -0.2) is 0 Å². The second-order valence-corrected chi connectivity index (χ2v) is 9.26. The Labute approximate surface area is 191 Å². The minimum Gasteiger partial charge on any atom is -0.334 e. The van der Waals surface area contributed by atoms with Crippen LogP contribution < -0.4 is 0 Å². The van der Waals surface area contributed by atoms with Gasteiger partial charge in [0.25, 0.3) is 0 Å². The molecule has 0 N–H and O–H groups in total. The molecule has 0 aliphatic rings. The van der Waals surface area contributed by atoms with Crippen LogP contribution in [0.4, 0.5) is 0 Å². The van der Waals surface area contributed by atoms with Crippen molar-refractivity contribution in [3.63, 3.8) is 0 Å². The second kappa shape index (κ2) is 8.51. The van der Waals surface area contributed by atoms with Gasteiger partial charge in [-0.2, -0.15) is 0 Å². The van der Waals surface area contributed by atoms with Gasteiger partial charge in [0.15, 0.2) is 5.78 Å². The molecule has 4 rings (SSSR count). The summed E-state index contributed by atoms with van der Waals surface area (Å²) in [4.78, 5) is 16.8. The van der Waals surface area contributed by atoms with Gasteiger partial charge in [0.2, 0.25) is 0 Å². The van der Waals surface area contributed by atoms with Crippen molar-refractivity contribution in [1.82, 2.24) is 9.55 Å². The van der Waals surface area contributed by atoms with Crippen LogP contribution in [0.1, 0.15) is 43.7 Å². The summed E-state index contributed by atoms with van der Waals surface area (Å²) in [5.74, 6) is 0.0962. The first kappa shape index (κ1) is 22.2. The number of carbonyl (C=O) groups is 1. The number of hydrogen-bond donors (Lipinski definition) is 0. The summed E-state index contributed by atoms with van der Waals surface area (Å²) >= 11 is 0. The first-order valence-corrected chi connectivity index (χ1v) is 11.6. The zero-order valence-corrected chi connectivity index (χ0v) is 20.1. The first-order chi connectivity index (χ1) is 15.3. The Morgan fingerprint density at radius 1 is 1.00 bits per heavy atom. The fourth-order valence-corrected chi connectivity index (χ4v) is 4.69. The maximum absolute atomic E-state index is 12.1. The van der Waals surface area contributed by atoms with Crippen molar-refractivity contribution >= 4 is 27.6 Å². The summed E-state index contributed by atoms with van der Waals surface area (Å²) in [6, 6.07) is 19.4. The summed E-state index contributed by atoms with van der Waals surface area (Å²) < 4.78 is 3.46. The summed E-state index contributed by atoms with van der Waals surface area (Å²) in [5.41, 5.74) is 6.24. The highest BCUT2D eigenvalue weighted by atomic mass is 16.1. The predicted octanol–water partition coefficient (Wildman–Crippen LogP) is 6.24. The van der Waals surface area contributed by atoms with Gasteiger partial charge in [-0.3, -0.25) is 9.78 Å². The molecule has 1 unspecified atom stereocenters. The number of pyridine rings is 1. The van der Waals surface area contributed by atoms with E-state index in [-0.39, 0.29) is 5.78 Å². The number of rotatable bonds is 7. The first-order valence-electron chi connectivity index (χ1n) is 11.6. The lowest BCUT2D eigenvalue weighted by molar-refractivity contribution is -0.929. The molecular formula is C28H34N3O+. The van der Waals surface area contributed by atoms with Crippen LogP contribution in [0.5, 0.6) is 0 Å². The van der Waals surface area contributed by atoms with Crippen molar-refractivity contribution in [2.75, 3.05) is 20.1 Å². The van der Waals surface area contributed by atoms with Crippen LogP contribution in [0, 0.1) is 6.92 Å². The molecule has 0 radical (unpaired) electrons. The van der Waals surface area contributed by atoms with Gasteiger partial charge in [0.05, 0.1) is 32.4 Å². The van der Waals surface area contributed by atoms with Crippen LogP contribution in [-0.2, 0) is 6.54 Å². The zero-order chi connectivity index (χ0) is 23.0. The molecule has 2 heterocycles. The minimum atomic E-state index is 0.0962. The molecule has 2 aromatic heterocycles. The van der Waals surface area contributed by atoms with Gasteiger partial charge < -0.3 is 9.05 Å². The third-order valence-corrected chi connectivity index (χ3v) is 7.41. The highest BCUT2D eigenvalue weighted by Gasteiger charge is 2.27. The number of carbonyl (C=O) groups excluding carboxylic acids is 1. The number of Topliss-reactive ketones (excluding diaryl/α,β-unsaturated/α-hetero) is 1. The second-order valence-electron chi connectivity index (χ2n) is 9.26. The van der Waals surface area contributed by atoms with E-state index in [1.165, 1.54) is 16.4 Å². The molecule has 0 fully saturated rings. The summed E-state index contributed by atoms with van der Waals surface area (Å²) in [6.45, 7) is 13.7. The lowest BCUT2D eigenvalue weighted by Crippen LogP contribution is -2.52. The number of ketones is 1. The topological polar surface area (TPSA) is 34.9 Å². The van der Waals surface area contributed by atoms with E-state index >= 15 is 0 Å². The van der Waals surface area contributed by atoms with Gasteiger partial charge in [-0.05, 0) is 77.1 Å². The van der Waals surface area contributed by atoms with Gasteiger partial charge in [-0.15, -0.1) is 0 Å². The normalized spacial score (nSPS) is 13.1. The Kier molecular flexibility index (Phi) is 5.91.